The Morgan fingerprint density at radius 2 is 2.07 bits per heavy atom. The lowest BCUT2D eigenvalue weighted by molar-refractivity contribution is -0.133. The van der Waals surface area contributed by atoms with Crippen molar-refractivity contribution >= 4 is 34.6 Å². The molecular weight excluding hydrogens is 297 g/mol. The summed E-state index contributed by atoms with van der Waals surface area (Å²) in [5.41, 5.74) is 0. The lowest BCUT2D eigenvalue weighted by atomic mass is 10.3. The third-order valence-electron chi connectivity index (χ3n) is 1.62. The molecule has 0 spiro atoms. The van der Waals surface area contributed by atoms with Crippen LogP contribution in [0.2, 0.25) is 0 Å². The molecule has 0 aliphatic rings. The molecule has 0 saturated carbocycles. The zero-order chi connectivity index (χ0) is 11.0. The molecular formula is C8H16IN3O2. The fraction of sp³-hybridized carbons (Fsp3) is 0.750. The lowest BCUT2D eigenvalue weighted by Crippen LogP contribution is -2.42. The average molecular weight is 313 g/mol. The van der Waals surface area contributed by atoms with E-state index in [2.05, 4.69) is 8.85 Å². The molecule has 1 amide bonds. The predicted molar refractivity (Wildman–Crippen MR) is 63.2 cm³/mol. The Labute approximate surface area is 98.1 Å². The number of halogens is 1. The Balaban J connectivity index is 4.08. The van der Waals surface area contributed by atoms with Gasteiger partial charge < -0.3 is 10.2 Å². The Bertz CT molecular complexity index is 199. The molecule has 82 valence electrons. The van der Waals surface area contributed by atoms with Crippen LogP contribution in [0, 0.1) is 0 Å². The maximum Gasteiger partial charge on any atom is 0.237 e. The van der Waals surface area contributed by atoms with Crippen molar-refractivity contribution < 1.29 is 9.59 Å². The van der Waals surface area contributed by atoms with E-state index < -0.39 is 0 Å². The molecule has 0 radical (unpaired) electrons. The van der Waals surface area contributed by atoms with E-state index in [0.717, 1.165) is 0 Å². The highest BCUT2D eigenvalue weighted by Crippen LogP contribution is 1.90. The van der Waals surface area contributed by atoms with E-state index in [-0.39, 0.29) is 24.8 Å². The van der Waals surface area contributed by atoms with Gasteiger partial charge in [-0.3, -0.25) is 13.1 Å². The summed E-state index contributed by atoms with van der Waals surface area (Å²) in [5, 5.41) is 2.94. The largest absolute Gasteiger partial charge is 0.333 e. The van der Waals surface area contributed by atoms with Crippen molar-refractivity contribution in [2.24, 2.45) is 0 Å². The molecule has 0 aromatic heterocycles. The SMILES string of the molecule is CNCCN(CC(C)=O)C(=O)CNI. The fourth-order valence-corrected chi connectivity index (χ4v) is 1.30. The molecule has 0 aromatic carbocycles. The Kier molecular flexibility index (Phi) is 8.01. The number of rotatable bonds is 7. The van der Waals surface area contributed by atoms with Gasteiger partial charge in [0.05, 0.1) is 13.1 Å². The molecule has 0 rings (SSSR count). The van der Waals surface area contributed by atoms with E-state index in [1.54, 1.807) is 4.90 Å². The van der Waals surface area contributed by atoms with Gasteiger partial charge in [0.25, 0.3) is 0 Å². The first-order chi connectivity index (χ1) is 6.61. The number of amides is 1. The minimum absolute atomic E-state index is 0.00270. The van der Waals surface area contributed by atoms with Crippen molar-refractivity contribution in [2.75, 3.05) is 33.2 Å². The molecule has 6 heteroatoms. The first-order valence-corrected chi connectivity index (χ1v) is 5.45. The van der Waals surface area contributed by atoms with Crippen molar-refractivity contribution in [1.82, 2.24) is 13.7 Å². The molecule has 0 aliphatic heterocycles. The molecule has 0 saturated heterocycles. The number of nitrogens with one attached hydrogen (secondary N) is 2. The normalized spacial score (nSPS) is 9.93. The van der Waals surface area contributed by atoms with E-state index in [0.29, 0.717) is 13.1 Å². The van der Waals surface area contributed by atoms with Gasteiger partial charge in [-0.15, -0.1) is 0 Å². The highest BCUT2D eigenvalue weighted by atomic mass is 127. The quantitative estimate of drug-likeness (QED) is 0.494. The highest BCUT2D eigenvalue weighted by molar-refractivity contribution is 14.1. The van der Waals surface area contributed by atoms with Gasteiger partial charge in [0.1, 0.15) is 5.78 Å². The second-order valence-electron chi connectivity index (χ2n) is 2.93. The third-order valence-corrected chi connectivity index (χ3v) is 2.00. The highest BCUT2D eigenvalue weighted by Gasteiger charge is 2.13. The molecule has 0 fully saturated rings. The minimum atomic E-state index is -0.0511. The first kappa shape index (κ1) is 13.8. The van der Waals surface area contributed by atoms with Crippen molar-refractivity contribution in [3.63, 3.8) is 0 Å². The molecule has 0 aliphatic carbocycles. The zero-order valence-electron chi connectivity index (χ0n) is 8.47. The molecule has 0 heterocycles. The standard InChI is InChI=1S/C8H16IN3O2/c1-7(13)6-12(4-3-10-2)8(14)5-11-9/h10-11H,3-6H2,1-2H3. The van der Waals surface area contributed by atoms with Crippen molar-refractivity contribution in [1.29, 1.82) is 0 Å². The van der Waals surface area contributed by atoms with E-state index in [9.17, 15) is 9.59 Å². The number of carbonyl (C=O) groups excluding carboxylic acids is 2. The van der Waals surface area contributed by atoms with Crippen LogP contribution in [0.3, 0.4) is 0 Å². The van der Waals surface area contributed by atoms with Crippen molar-refractivity contribution in [2.45, 2.75) is 6.92 Å². The maximum absolute atomic E-state index is 11.5. The summed E-state index contributed by atoms with van der Waals surface area (Å²) in [6, 6.07) is 0. The van der Waals surface area contributed by atoms with Crippen LogP contribution in [-0.2, 0) is 9.59 Å². The predicted octanol–water partition coefficient (Wildman–Crippen LogP) is -0.437. The lowest BCUT2D eigenvalue weighted by Gasteiger charge is -2.20. The van der Waals surface area contributed by atoms with Gasteiger partial charge >= 0.3 is 0 Å². The second kappa shape index (κ2) is 8.13. The maximum atomic E-state index is 11.5. The molecule has 14 heavy (non-hydrogen) atoms. The summed E-state index contributed by atoms with van der Waals surface area (Å²) in [4.78, 5) is 23.9. The summed E-state index contributed by atoms with van der Waals surface area (Å²) in [6.07, 6.45) is 0. The van der Waals surface area contributed by atoms with Crippen LogP contribution in [-0.4, -0.2) is 49.8 Å². The van der Waals surface area contributed by atoms with Gasteiger partial charge in [-0.2, -0.15) is 0 Å². The van der Waals surface area contributed by atoms with E-state index in [1.807, 2.05) is 29.9 Å². The van der Waals surface area contributed by atoms with Crippen LogP contribution in [0.25, 0.3) is 0 Å². The van der Waals surface area contributed by atoms with Gasteiger partial charge in [0.15, 0.2) is 0 Å². The zero-order valence-corrected chi connectivity index (χ0v) is 10.6. The molecule has 0 unspecified atom stereocenters. The number of carbonyl (C=O) groups is 2. The van der Waals surface area contributed by atoms with Gasteiger partial charge in [-0.05, 0) is 14.0 Å². The molecule has 0 atom stereocenters. The van der Waals surface area contributed by atoms with E-state index >= 15 is 0 Å². The molecule has 0 bridgehead atoms. The van der Waals surface area contributed by atoms with Crippen LogP contribution in [0.4, 0.5) is 0 Å². The number of hydrogen-bond acceptors (Lipinski definition) is 4. The van der Waals surface area contributed by atoms with E-state index in [4.69, 9.17) is 0 Å². The Hall–Kier alpha value is -0.210. The van der Waals surface area contributed by atoms with Crippen LogP contribution >= 0.6 is 22.9 Å². The van der Waals surface area contributed by atoms with Crippen LogP contribution in [0.15, 0.2) is 0 Å². The number of ketones is 1. The van der Waals surface area contributed by atoms with Gasteiger partial charge in [-0.25, -0.2) is 0 Å². The van der Waals surface area contributed by atoms with Crippen LogP contribution in [0.1, 0.15) is 6.92 Å². The fourth-order valence-electron chi connectivity index (χ4n) is 0.976. The number of nitrogens with zero attached hydrogens (tertiary/aromatic N) is 1. The molecule has 5 nitrogen and oxygen atoms in total. The summed E-state index contributed by atoms with van der Waals surface area (Å²) < 4.78 is 2.74. The third kappa shape index (κ3) is 6.28. The van der Waals surface area contributed by atoms with Crippen LogP contribution < -0.4 is 8.85 Å². The Morgan fingerprint density at radius 3 is 2.50 bits per heavy atom. The van der Waals surface area contributed by atoms with Gasteiger partial charge in [0, 0.05) is 36.0 Å². The number of Topliss-reactive ketones (excluding diaryl/α,β-unsaturated/α-hetero) is 1. The van der Waals surface area contributed by atoms with Gasteiger partial charge in [0.2, 0.25) is 5.91 Å². The molecule has 0 aromatic rings. The van der Waals surface area contributed by atoms with Crippen molar-refractivity contribution in [3.8, 4) is 0 Å². The summed E-state index contributed by atoms with van der Waals surface area (Å²) in [7, 11) is 1.81. The Morgan fingerprint density at radius 1 is 1.43 bits per heavy atom. The second-order valence-corrected chi connectivity index (χ2v) is 3.69. The topological polar surface area (TPSA) is 61.4 Å². The first-order valence-electron chi connectivity index (χ1n) is 4.37. The number of hydrogen-bond donors (Lipinski definition) is 2. The molecule has 2 N–H and O–H groups in total. The van der Waals surface area contributed by atoms with Crippen LogP contribution in [0.5, 0.6) is 0 Å². The van der Waals surface area contributed by atoms with Gasteiger partial charge in [-0.1, -0.05) is 0 Å². The minimum Gasteiger partial charge on any atom is -0.333 e. The summed E-state index contributed by atoms with van der Waals surface area (Å²) in [5.74, 6) is -0.0484. The summed E-state index contributed by atoms with van der Waals surface area (Å²) >= 11 is 1.91. The monoisotopic (exact) mass is 313 g/mol. The van der Waals surface area contributed by atoms with E-state index in [1.165, 1.54) is 6.92 Å². The number of likely N-dealkylation sites (N-methyl/N-ethyl adjacent to an activating group) is 1. The van der Waals surface area contributed by atoms with Crippen molar-refractivity contribution in [3.05, 3.63) is 0 Å². The average Bonchev–Trinajstić information content (AvgIpc) is 2.12. The smallest absolute Gasteiger partial charge is 0.237 e. The summed E-state index contributed by atoms with van der Waals surface area (Å²) in [6.45, 7) is 3.20.